The minimum atomic E-state index is -0.385. The lowest BCUT2D eigenvalue weighted by Crippen LogP contribution is -2.44. The summed E-state index contributed by atoms with van der Waals surface area (Å²) in [5.74, 6) is 0.990. The van der Waals surface area contributed by atoms with E-state index >= 15 is 0 Å². The van der Waals surface area contributed by atoms with E-state index in [1.54, 1.807) is 0 Å². The third kappa shape index (κ3) is 2.00. The molecule has 1 aromatic carbocycles. The molecule has 19 heavy (non-hydrogen) atoms. The normalized spacial score (nSPS) is 19.3. The van der Waals surface area contributed by atoms with Gasteiger partial charge < -0.3 is 14.9 Å². The molecule has 0 bridgehead atoms. The fourth-order valence-electron chi connectivity index (χ4n) is 2.55. The first-order chi connectivity index (χ1) is 8.98. The SMILES string of the molecule is CC(C)(C)[C@@H](O)CN1C2=NCCN2c2ccccc21. The van der Waals surface area contributed by atoms with Crippen LogP contribution in [-0.2, 0) is 0 Å². The van der Waals surface area contributed by atoms with E-state index in [0.29, 0.717) is 6.54 Å². The molecule has 1 aromatic rings. The predicted octanol–water partition coefficient (Wildman–Crippen LogP) is 2.09. The number of hydrogen-bond acceptors (Lipinski definition) is 4. The maximum Gasteiger partial charge on any atom is 0.206 e. The van der Waals surface area contributed by atoms with E-state index in [2.05, 4.69) is 53.8 Å². The summed E-state index contributed by atoms with van der Waals surface area (Å²) in [7, 11) is 0. The number of β-amino-alcohol motifs (C(OH)–C–C–N with tert-alkyl or cyclic N) is 1. The molecule has 0 aliphatic carbocycles. The van der Waals surface area contributed by atoms with Crippen LogP contribution >= 0.6 is 0 Å². The number of guanidine groups is 1. The first-order valence-electron chi connectivity index (χ1n) is 6.85. The summed E-state index contributed by atoms with van der Waals surface area (Å²) in [6, 6.07) is 8.32. The van der Waals surface area contributed by atoms with Gasteiger partial charge in [0.05, 0.1) is 30.6 Å². The summed E-state index contributed by atoms with van der Waals surface area (Å²) in [6.45, 7) is 8.56. The Balaban J connectivity index is 1.93. The van der Waals surface area contributed by atoms with E-state index in [1.165, 1.54) is 5.69 Å². The van der Waals surface area contributed by atoms with Crippen LogP contribution in [0.5, 0.6) is 0 Å². The van der Waals surface area contributed by atoms with Crippen LogP contribution in [0.2, 0.25) is 0 Å². The van der Waals surface area contributed by atoms with Gasteiger partial charge in [0, 0.05) is 6.54 Å². The second-order valence-electron chi connectivity index (χ2n) is 6.31. The maximum atomic E-state index is 10.4. The van der Waals surface area contributed by atoms with Crippen molar-refractivity contribution in [2.75, 3.05) is 29.4 Å². The van der Waals surface area contributed by atoms with Gasteiger partial charge in [-0.15, -0.1) is 0 Å². The molecule has 0 amide bonds. The number of para-hydroxylation sites is 2. The van der Waals surface area contributed by atoms with Crippen LogP contribution in [0.4, 0.5) is 11.4 Å². The van der Waals surface area contributed by atoms with Crippen molar-refractivity contribution in [1.29, 1.82) is 0 Å². The Morgan fingerprint density at radius 2 is 1.95 bits per heavy atom. The average molecular weight is 259 g/mol. The molecule has 0 aromatic heterocycles. The van der Waals surface area contributed by atoms with Crippen molar-refractivity contribution < 1.29 is 5.11 Å². The summed E-state index contributed by atoms with van der Waals surface area (Å²) in [6.07, 6.45) is -0.385. The van der Waals surface area contributed by atoms with Gasteiger partial charge in [-0.2, -0.15) is 0 Å². The number of aliphatic hydroxyl groups is 1. The van der Waals surface area contributed by atoms with Gasteiger partial charge in [-0.05, 0) is 17.5 Å². The van der Waals surface area contributed by atoms with Gasteiger partial charge in [-0.3, -0.25) is 4.99 Å². The predicted molar refractivity (Wildman–Crippen MR) is 78.9 cm³/mol. The molecule has 3 rings (SSSR count). The molecule has 0 saturated carbocycles. The summed E-state index contributed by atoms with van der Waals surface area (Å²) in [4.78, 5) is 8.98. The van der Waals surface area contributed by atoms with Crippen molar-refractivity contribution in [3.8, 4) is 0 Å². The zero-order valence-corrected chi connectivity index (χ0v) is 11.8. The van der Waals surface area contributed by atoms with Crippen LogP contribution in [0, 0.1) is 5.41 Å². The lowest BCUT2D eigenvalue weighted by Gasteiger charge is -2.30. The molecule has 2 aliphatic heterocycles. The highest BCUT2D eigenvalue weighted by atomic mass is 16.3. The van der Waals surface area contributed by atoms with Crippen molar-refractivity contribution in [3.05, 3.63) is 24.3 Å². The third-order valence-electron chi connectivity index (χ3n) is 3.88. The Morgan fingerprint density at radius 1 is 1.26 bits per heavy atom. The Kier molecular flexibility index (Phi) is 2.78. The monoisotopic (exact) mass is 259 g/mol. The highest BCUT2D eigenvalue weighted by molar-refractivity contribution is 6.17. The smallest absolute Gasteiger partial charge is 0.206 e. The van der Waals surface area contributed by atoms with Gasteiger partial charge in [-0.1, -0.05) is 32.9 Å². The minimum absolute atomic E-state index is 0.123. The summed E-state index contributed by atoms with van der Waals surface area (Å²) in [5.41, 5.74) is 2.24. The van der Waals surface area contributed by atoms with Crippen molar-refractivity contribution >= 4 is 17.3 Å². The zero-order valence-electron chi connectivity index (χ0n) is 11.8. The van der Waals surface area contributed by atoms with Crippen LogP contribution in [0.15, 0.2) is 29.3 Å². The van der Waals surface area contributed by atoms with E-state index < -0.39 is 0 Å². The van der Waals surface area contributed by atoms with Crippen LogP contribution in [0.25, 0.3) is 0 Å². The highest BCUT2D eigenvalue weighted by Gasteiger charge is 2.37. The van der Waals surface area contributed by atoms with Crippen molar-refractivity contribution in [2.24, 2.45) is 10.4 Å². The second kappa shape index (κ2) is 4.23. The number of hydrogen-bond donors (Lipinski definition) is 1. The first kappa shape index (κ1) is 12.5. The van der Waals surface area contributed by atoms with Crippen molar-refractivity contribution in [2.45, 2.75) is 26.9 Å². The molecule has 1 atom stereocenters. The summed E-state index contributed by atoms with van der Waals surface area (Å²) >= 11 is 0. The lowest BCUT2D eigenvalue weighted by molar-refractivity contribution is 0.0714. The molecule has 0 saturated heterocycles. The van der Waals surface area contributed by atoms with Crippen LogP contribution in [0.1, 0.15) is 20.8 Å². The van der Waals surface area contributed by atoms with Gasteiger partial charge in [0.25, 0.3) is 0 Å². The van der Waals surface area contributed by atoms with E-state index in [1.807, 2.05) is 6.07 Å². The number of nitrogens with zero attached hydrogens (tertiary/aromatic N) is 3. The maximum absolute atomic E-state index is 10.4. The molecule has 1 N–H and O–H groups in total. The molecular formula is C15H21N3O. The molecule has 2 heterocycles. The Bertz CT molecular complexity index is 518. The average Bonchev–Trinajstić information content (AvgIpc) is 2.91. The zero-order chi connectivity index (χ0) is 13.6. The number of fused-ring (bicyclic) bond motifs is 3. The number of anilines is 2. The van der Waals surface area contributed by atoms with Gasteiger partial charge >= 0.3 is 0 Å². The Morgan fingerprint density at radius 3 is 2.63 bits per heavy atom. The van der Waals surface area contributed by atoms with E-state index in [-0.39, 0.29) is 11.5 Å². The molecule has 4 heteroatoms. The van der Waals surface area contributed by atoms with Gasteiger partial charge in [-0.25, -0.2) is 0 Å². The number of aliphatic hydroxyl groups excluding tert-OH is 1. The standard InChI is InChI=1S/C15H21N3O/c1-15(2,3)13(19)10-18-12-7-5-4-6-11(12)17-9-8-16-14(17)18/h4-7,13,19H,8-10H2,1-3H3/t13-/m0/s1. The van der Waals surface area contributed by atoms with E-state index in [0.717, 1.165) is 24.7 Å². The van der Waals surface area contributed by atoms with Crippen LogP contribution in [-0.4, -0.2) is 36.8 Å². The molecule has 0 fully saturated rings. The van der Waals surface area contributed by atoms with Gasteiger partial charge in [0.2, 0.25) is 5.96 Å². The highest BCUT2D eigenvalue weighted by Crippen LogP contribution is 2.39. The topological polar surface area (TPSA) is 39.1 Å². The molecule has 4 nitrogen and oxygen atoms in total. The van der Waals surface area contributed by atoms with Crippen molar-refractivity contribution in [3.63, 3.8) is 0 Å². The summed E-state index contributed by atoms with van der Waals surface area (Å²) in [5, 5.41) is 10.4. The number of aliphatic imine (C=N–C) groups is 1. The van der Waals surface area contributed by atoms with Gasteiger partial charge in [0.1, 0.15) is 0 Å². The molecule has 0 unspecified atom stereocenters. The van der Waals surface area contributed by atoms with Crippen LogP contribution < -0.4 is 9.80 Å². The summed E-state index contributed by atoms with van der Waals surface area (Å²) < 4.78 is 0. The number of benzene rings is 1. The fraction of sp³-hybridized carbons (Fsp3) is 0.533. The molecule has 0 radical (unpaired) electrons. The second-order valence-corrected chi connectivity index (χ2v) is 6.31. The largest absolute Gasteiger partial charge is 0.391 e. The van der Waals surface area contributed by atoms with Crippen molar-refractivity contribution in [1.82, 2.24) is 0 Å². The third-order valence-corrected chi connectivity index (χ3v) is 3.88. The fourth-order valence-corrected chi connectivity index (χ4v) is 2.55. The Hall–Kier alpha value is -1.55. The quantitative estimate of drug-likeness (QED) is 0.884. The molecular weight excluding hydrogens is 238 g/mol. The van der Waals surface area contributed by atoms with E-state index in [4.69, 9.17) is 0 Å². The van der Waals surface area contributed by atoms with Crippen LogP contribution in [0.3, 0.4) is 0 Å². The molecule has 2 aliphatic rings. The Labute approximate surface area is 114 Å². The molecule has 102 valence electrons. The number of rotatable bonds is 2. The van der Waals surface area contributed by atoms with E-state index in [9.17, 15) is 5.11 Å². The minimum Gasteiger partial charge on any atom is -0.391 e. The first-order valence-corrected chi connectivity index (χ1v) is 6.85. The molecule has 0 spiro atoms. The van der Waals surface area contributed by atoms with Gasteiger partial charge in [0.15, 0.2) is 0 Å². The lowest BCUT2D eigenvalue weighted by atomic mass is 9.89.